The fraction of sp³-hybridized carbons (Fsp3) is 0.562. The van der Waals surface area contributed by atoms with Crippen LogP contribution < -0.4 is 5.32 Å². The normalized spacial score (nSPS) is 17.1. The summed E-state index contributed by atoms with van der Waals surface area (Å²) in [6.07, 6.45) is 2.66. The molecule has 20 heavy (non-hydrogen) atoms. The van der Waals surface area contributed by atoms with Gasteiger partial charge >= 0.3 is 5.97 Å². The van der Waals surface area contributed by atoms with Crippen LogP contribution >= 0.6 is 0 Å². The molecule has 1 aromatic rings. The third-order valence-electron chi connectivity index (χ3n) is 3.88. The van der Waals surface area contributed by atoms with Crippen LogP contribution in [0.3, 0.4) is 0 Å². The first kappa shape index (κ1) is 14.9. The molecule has 0 bridgehead atoms. The molecule has 2 rings (SSSR count). The second-order valence-corrected chi connectivity index (χ2v) is 5.83. The van der Waals surface area contributed by atoms with Gasteiger partial charge in [-0.25, -0.2) is 4.79 Å². The molecule has 1 unspecified atom stereocenters. The Morgan fingerprint density at radius 2 is 2.10 bits per heavy atom. The van der Waals surface area contributed by atoms with Crippen molar-refractivity contribution in [1.29, 1.82) is 0 Å². The maximum atomic E-state index is 11.0. The summed E-state index contributed by atoms with van der Waals surface area (Å²) in [5.74, 6) is -0.274. The Kier molecular flexibility index (Phi) is 5.01. The molecule has 0 aliphatic carbocycles. The smallest absolute Gasteiger partial charge is 0.335 e. The van der Waals surface area contributed by atoms with E-state index in [1.165, 1.54) is 25.9 Å². The van der Waals surface area contributed by atoms with Crippen LogP contribution in [0.1, 0.15) is 35.7 Å². The van der Waals surface area contributed by atoms with Crippen LogP contribution in [-0.2, 0) is 0 Å². The van der Waals surface area contributed by atoms with Gasteiger partial charge in [0.25, 0.3) is 0 Å². The summed E-state index contributed by atoms with van der Waals surface area (Å²) in [5, 5.41) is 12.4. The van der Waals surface area contributed by atoms with Crippen LogP contribution in [0.15, 0.2) is 18.2 Å². The number of nitrogens with one attached hydrogen (secondary N) is 1. The van der Waals surface area contributed by atoms with Crippen LogP contribution in [-0.4, -0.2) is 42.2 Å². The highest BCUT2D eigenvalue weighted by atomic mass is 16.4. The Labute approximate surface area is 120 Å². The molecule has 1 atom stereocenters. The highest BCUT2D eigenvalue weighted by molar-refractivity contribution is 5.89. The number of carbonyl (C=O) groups is 1. The maximum Gasteiger partial charge on any atom is 0.335 e. The monoisotopic (exact) mass is 276 g/mol. The van der Waals surface area contributed by atoms with Gasteiger partial charge in [-0.05, 0) is 62.5 Å². The standard InChI is InChI=1S/C16H24N2O2/c1-12(11-18-7-3-4-8-18)10-17-14-5-6-15(16(19)20)13(2)9-14/h5-6,9,12,17H,3-4,7-8,10-11H2,1-2H3,(H,19,20). The lowest BCUT2D eigenvalue weighted by Crippen LogP contribution is -2.28. The minimum absolute atomic E-state index is 0.376. The number of carboxylic acid groups (broad SMARTS) is 1. The van der Waals surface area contributed by atoms with Gasteiger partial charge in [0.05, 0.1) is 5.56 Å². The van der Waals surface area contributed by atoms with E-state index < -0.39 is 5.97 Å². The SMILES string of the molecule is Cc1cc(NCC(C)CN2CCCC2)ccc1C(=O)O. The number of aromatic carboxylic acids is 1. The maximum absolute atomic E-state index is 11.0. The van der Waals surface area contributed by atoms with Gasteiger partial charge in [-0.1, -0.05) is 6.92 Å². The molecular formula is C16H24N2O2. The number of likely N-dealkylation sites (tertiary alicyclic amines) is 1. The van der Waals surface area contributed by atoms with Gasteiger partial charge in [0.2, 0.25) is 0 Å². The van der Waals surface area contributed by atoms with E-state index in [2.05, 4.69) is 17.1 Å². The first-order valence-electron chi connectivity index (χ1n) is 7.36. The average molecular weight is 276 g/mol. The number of aryl methyl sites for hydroxylation is 1. The molecule has 1 saturated heterocycles. The summed E-state index contributed by atoms with van der Waals surface area (Å²) in [6.45, 7) is 8.61. The van der Waals surface area contributed by atoms with E-state index in [1.807, 2.05) is 19.1 Å². The van der Waals surface area contributed by atoms with E-state index in [0.717, 1.165) is 24.3 Å². The summed E-state index contributed by atoms with van der Waals surface area (Å²) < 4.78 is 0. The van der Waals surface area contributed by atoms with E-state index >= 15 is 0 Å². The lowest BCUT2D eigenvalue weighted by molar-refractivity contribution is 0.0696. The van der Waals surface area contributed by atoms with Crippen molar-refractivity contribution >= 4 is 11.7 Å². The summed E-state index contributed by atoms with van der Waals surface area (Å²) in [7, 11) is 0. The van der Waals surface area contributed by atoms with Gasteiger partial charge in [-0.15, -0.1) is 0 Å². The summed E-state index contributed by atoms with van der Waals surface area (Å²) >= 11 is 0. The van der Waals surface area contributed by atoms with E-state index in [1.54, 1.807) is 6.07 Å². The van der Waals surface area contributed by atoms with Crippen LogP contribution in [0.4, 0.5) is 5.69 Å². The molecule has 0 aromatic heterocycles. The number of benzene rings is 1. The molecule has 0 radical (unpaired) electrons. The predicted octanol–water partition coefficient (Wildman–Crippen LogP) is 2.84. The van der Waals surface area contributed by atoms with Crippen LogP contribution in [0.2, 0.25) is 0 Å². The largest absolute Gasteiger partial charge is 0.478 e. The summed E-state index contributed by atoms with van der Waals surface area (Å²) in [5.41, 5.74) is 2.18. The Bertz CT molecular complexity index is 468. The van der Waals surface area contributed by atoms with Crippen molar-refractivity contribution in [3.63, 3.8) is 0 Å². The van der Waals surface area contributed by atoms with Crippen LogP contribution in [0.25, 0.3) is 0 Å². The Morgan fingerprint density at radius 1 is 1.40 bits per heavy atom. The van der Waals surface area contributed by atoms with Crippen molar-refractivity contribution in [3.8, 4) is 0 Å². The molecule has 4 nitrogen and oxygen atoms in total. The van der Waals surface area contributed by atoms with Gasteiger partial charge in [0.15, 0.2) is 0 Å². The number of hydrogen-bond acceptors (Lipinski definition) is 3. The zero-order valence-corrected chi connectivity index (χ0v) is 12.4. The van der Waals surface area contributed by atoms with E-state index in [0.29, 0.717) is 11.5 Å². The third kappa shape index (κ3) is 3.97. The van der Waals surface area contributed by atoms with E-state index in [4.69, 9.17) is 5.11 Å². The molecule has 1 aliphatic heterocycles. The second-order valence-electron chi connectivity index (χ2n) is 5.83. The third-order valence-corrected chi connectivity index (χ3v) is 3.88. The molecule has 2 N–H and O–H groups in total. The average Bonchev–Trinajstić information content (AvgIpc) is 2.89. The fourth-order valence-corrected chi connectivity index (χ4v) is 2.78. The van der Waals surface area contributed by atoms with Gasteiger partial charge in [0.1, 0.15) is 0 Å². The van der Waals surface area contributed by atoms with Gasteiger partial charge in [0, 0.05) is 18.8 Å². The van der Waals surface area contributed by atoms with Crippen LogP contribution in [0, 0.1) is 12.8 Å². The molecule has 0 spiro atoms. The topological polar surface area (TPSA) is 52.6 Å². The van der Waals surface area contributed by atoms with E-state index in [-0.39, 0.29) is 0 Å². The number of nitrogens with zero attached hydrogens (tertiary/aromatic N) is 1. The lowest BCUT2D eigenvalue weighted by atomic mass is 10.1. The highest BCUT2D eigenvalue weighted by Crippen LogP contribution is 2.16. The van der Waals surface area contributed by atoms with Gasteiger partial charge in [-0.2, -0.15) is 0 Å². The fourth-order valence-electron chi connectivity index (χ4n) is 2.78. The predicted molar refractivity (Wildman–Crippen MR) is 81.5 cm³/mol. The number of anilines is 1. The van der Waals surface area contributed by atoms with Gasteiger partial charge < -0.3 is 15.3 Å². The zero-order chi connectivity index (χ0) is 14.5. The van der Waals surface area contributed by atoms with E-state index in [9.17, 15) is 4.79 Å². The number of rotatable bonds is 6. The Hall–Kier alpha value is -1.55. The zero-order valence-electron chi connectivity index (χ0n) is 12.4. The molecule has 110 valence electrons. The second kappa shape index (κ2) is 6.75. The first-order chi connectivity index (χ1) is 9.56. The molecule has 1 aliphatic rings. The first-order valence-corrected chi connectivity index (χ1v) is 7.36. The molecule has 0 saturated carbocycles. The molecule has 1 heterocycles. The van der Waals surface area contributed by atoms with Crippen molar-refractivity contribution < 1.29 is 9.90 Å². The van der Waals surface area contributed by atoms with Gasteiger partial charge in [-0.3, -0.25) is 0 Å². The lowest BCUT2D eigenvalue weighted by Gasteiger charge is -2.21. The minimum Gasteiger partial charge on any atom is -0.478 e. The molecule has 0 amide bonds. The van der Waals surface area contributed by atoms with Crippen molar-refractivity contribution in [2.24, 2.45) is 5.92 Å². The van der Waals surface area contributed by atoms with Crippen molar-refractivity contribution in [2.75, 3.05) is 31.5 Å². The minimum atomic E-state index is -0.864. The molecular weight excluding hydrogens is 252 g/mol. The Morgan fingerprint density at radius 3 is 2.70 bits per heavy atom. The number of hydrogen-bond donors (Lipinski definition) is 2. The molecule has 1 aromatic carbocycles. The molecule has 1 fully saturated rings. The quantitative estimate of drug-likeness (QED) is 0.839. The summed E-state index contributed by atoms with van der Waals surface area (Å²) in [4.78, 5) is 13.5. The Balaban J connectivity index is 1.84. The van der Waals surface area contributed by atoms with Crippen LogP contribution in [0.5, 0.6) is 0 Å². The van der Waals surface area contributed by atoms with Crippen molar-refractivity contribution in [3.05, 3.63) is 29.3 Å². The van der Waals surface area contributed by atoms with Crippen molar-refractivity contribution in [1.82, 2.24) is 4.90 Å². The van der Waals surface area contributed by atoms with Crippen molar-refractivity contribution in [2.45, 2.75) is 26.7 Å². The molecule has 4 heteroatoms. The highest BCUT2D eigenvalue weighted by Gasteiger charge is 2.14. The summed E-state index contributed by atoms with van der Waals surface area (Å²) in [6, 6.07) is 5.43. The number of carboxylic acids is 1.